The number of aryl methyl sites for hydroxylation is 1. The van der Waals surface area contributed by atoms with Crippen molar-refractivity contribution in [2.75, 3.05) is 13.1 Å². The quantitative estimate of drug-likeness (QED) is 0.503. The number of hydrogen-bond acceptors (Lipinski definition) is 5. The molecule has 1 aliphatic rings. The first-order chi connectivity index (χ1) is 9.92. The predicted octanol–water partition coefficient (Wildman–Crippen LogP) is 0.714. The monoisotopic (exact) mass is 291 g/mol. The molecule has 2 heterocycles. The molecule has 0 aromatic carbocycles. The van der Waals surface area contributed by atoms with E-state index in [1.807, 2.05) is 0 Å². The third kappa shape index (κ3) is 2.40. The fourth-order valence-electron chi connectivity index (χ4n) is 2.37. The lowest BCUT2D eigenvalue weighted by atomic mass is 9.92. The van der Waals surface area contributed by atoms with Gasteiger partial charge in [0.05, 0.1) is 11.3 Å². The highest BCUT2D eigenvalue weighted by Crippen LogP contribution is 2.29. The van der Waals surface area contributed by atoms with Crippen LogP contribution in [-0.2, 0) is 9.59 Å². The fourth-order valence-corrected chi connectivity index (χ4v) is 2.37. The van der Waals surface area contributed by atoms with E-state index in [4.69, 9.17) is 0 Å². The van der Waals surface area contributed by atoms with Gasteiger partial charge in [0.2, 0.25) is 5.91 Å². The molecule has 0 aliphatic carbocycles. The lowest BCUT2D eigenvalue weighted by molar-refractivity contribution is -0.161. The molecule has 7 nitrogen and oxygen atoms in total. The van der Waals surface area contributed by atoms with Gasteiger partial charge in [-0.05, 0) is 32.9 Å². The van der Waals surface area contributed by atoms with Crippen LogP contribution in [0.2, 0.25) is 0 Å². The summed E-state index contributed by atoms with van der Waals surface area (Å²) in [5, 5.41) is 9.65. The van der Waals surface area contributed by atoms with Gasteiger partial charge in [-0.2, -0.15) is 5.06 Å². The van der Waals surface area contributed by atoms with Crippen LogP contribution in [0.3, 0.4) is 0 Å². The van der Waals surface area contributed by atoms with E-state index >= 15 is 0 Å². The van der Waals surface area contributed by atoms with Gasteiger partial charge in [-0.15, -0.1) is 0 Å². The minimum Gasteiger partial charge on any atom is -0.342 e. The highest BCUT2D eigenvalue weighted by atomic mass is 16.5. The molecule has 112 valence electrons. The van der Waals surface area contributed by atoms with E-state index in [1.165, 1.54) is 11.0 Å². The SMILES string of the molecule is CCN(CC)C(=O)C1C(=O)N(O)C(=O)c2ccc(C)nc21. The Hall–Kier alpha value is -2.28. The second kappa shape index (κ2) is 5.61. The first kappa shape index (κ1) is 15.1. The Balaban J connectivity index is 2.57. The average Bonchev–Trinajstić information content (AvgIpc) is 2.46. The molecule has 21 heavy (non-hydrogen) atoms. The number of fused-ring (bicyclic) bond motifs is 1. The first-order valence-corrected chi connectivity index (χ1v) is 6.75. The number of aromatic nitrogens is 1. The number of nitrogens with zero attached hydrogens (tertiary/aromatic N) is 3. The van der Waals surface area contributed by atoms with Gasteiger partial charge < -0.3 is 4.90 Å². The van der Waals surface area contributed by atoms with Crippen LogP contribution in [-0.4, -0.2) is 51.0 Å². The number of carbonyl (C=O) groups excluding carboxylic acids is 3. The zero-order chi connectivity index (χ0) is 15.7. The summed E-state index contributed by atoms with van der Waals surface area (Å²) in [5.74, 6) is -3.55. The van der Waals surface area contributed by atoms with Crippen LogP contribution in [0.25, 0.3) is 0 Å². The minimum absolute atomic E-state index is 0.00537. The Morgan fingerprint density at radius 2 is 1.95 bits per heavy atom. The molecule has 0 spiro atoms. The van der Waals surface area contributed by atoms with Crippen LogP contribution < -0.4 is 0 Å². The van der Waals surface area contributed by atoms with Gasteiger partial charge in [0.15, 0.2) is 5.92 Å². The number of imide groups is 1. The molecule has 1 aromatic heterocycles. The number of rotatable bonds is 3. The number of hydrogen-bond donors (Lipinski definition) is 1. The Kier molecular flexibility index (Phi) is 4.04. The summed E-state index contributed by atoms with van der Waals surface area (Å²) in [6.45, 7) is 6.15. The predicted molar refractivity (Wildman–Crippen MR) is 72.6 cm³/mol. The number of amides is 3. The van der Waals surface area contributed by atoms with Crippen molar-refractivity contribution in [2.45, 2.75) is 26.7 Å². The van der Waals surface area contributed by atoms with Crippen molar-refractivity contribution in [3.63, 3.8) is 0 Å². The molecule has 1 unspecified atom stereocenters. The Morgan fingerprint density at radius 1 is 1.33 bits per heavy atom. The molecule has 3 amide bonds. The lowest BCUT2D eigenvalue weighted by Crippen LogP contribution is -2.49. The molecule has 0 fully saturated rings. The molecule has 0 saturated heterocycles. The van der Waals surface area contributed by atoms with Gasteiger partial charge in [-0.3, -0.25) is 24.6 Å². The van der Waals surface area contributed by atoms with E-state index in [0.29, 0.717) is 18.8 Å². The summed E-state index contributed by atoms with van der Waals surface area (Å²) < 4.78 is 0. The molecule has 2 rings (SSSR count). The second-order valence-corrected chi connectivity index (χ2v) is 4.78. The molecule has 1 atom stereocenters. The Bertz CT molecular complexity index is 610. The van der Waals surface area contributed by atoms with E-state index in [1.54, 1.807) is 26.8 Å². The fraction of sp³-hybridized carbons (Fsp3) is 0.429. The van der Waals surface area contributed by atoms with Gasteiger partial charge in [0.1, 0.15) is 0 Å². The van der Waals surface area contributed by atoms with Gasteiger partial charge in [0.25, 0.3) is 11.8 Å². The van der Waals surface area contributed by atoms with Gasteiger partial charge in [-0.25, -0.2) is 0 Å². The number of likely N-dealkylation sites (N-methyl/N-ethyl adjacent to an activating group) is 1. The third-order valence-corrected chi connectivity index (χ3v) is 3.54. The van der Waals surface area contributed by atoms with Crippen molar-refractivity contribution in [1.29, 1.82) is 0 Å². The molecule has 0 bridgehead atoms. The number of carbonyl (C=O) groups is 3. The van der Waals surface area contributed by atoms with E-state index in [-0.39, 0.29) is 16.3 Å². The van der Waals surface area contributed by atoms with Crippen LogP contribution in [0.5, 0.6) is 0 Å². The topological polar surface area (TPSA) is 90.8 Å². The third-order valence-electron chi connectivity index (χ3n) is 3.54. The van der Waals surface area contributed by atoms with Crippen molar-refractivity contribution < 1.29 is 19.6 Å². The summed E-state index contributed by atoms with van der Waals surface area (Å²) in [6, 6.07) is 3.07. The van der Waals surface area contributed by atoms with Crippen LogP contribution in [0.4, 0.5) is 0 Å². The highest BCUT2D eigenvalue weighted by Gasteiger charge is 2.44. The van der Waals surface area contributed by atoms with Crippen LogP contribution >= 0.6 is 0 Å². The first-order valence-electron chi connectivity index (χ1n) is 6.75. The Morgan fingerprint density at radius 3 is 2.52 bits per heavy atom. The van der Waals surface area contributed by atoms with Crippen molar-refractivity contribution in [1.82, 2.24) is 14.9 Å². The maximum absolute atomic E-state index is 12.5. The summed E-state index contributed by atoms with van der Waals surface area (Å²) in [4.78, 5) is 42.2. The van der Waals surface area contributed by atoms with Crippen molar-refractivity contribution in [3.8, 4) is 0 Å². The van der Waals surface area contributed by atoms with E-state index in [9.17, 15) is 19.6 Å². The van der Waals surface area contributed by atoms with Crippen LogP contribution in [0.15, 0.2) is 12.1 Å². The molecule has 7 heteroatoms. The van der Waals surface area contributed by atoms with Gasteiger partial charge in [0, 0.05) is 18.8 Å². The zero-order valence-corrected chi connectivity index (χ0v) is 12.2. The summed E-state index contributed by atoms with van der Waals surface area (Å²) in [6.07, 6.45) is 0. The minimum atomic E-state index is -1.28. The van der Waals surface area contributed by atoms with Crippen molar-refractivity contribution in [2.24, 2.45) is 0 Å². The molecular weight excluding hydrogens is 274 g/mol. The maximum Gasteiger partial charge on any atom is 0.286 e. The molecule has 1 N–H and O–H groups in total. The largest absolute Gasteiger partial charge is 0.342 e. The molecular formula is C14H17N3O4. The van der Waals surface area contributed by atoms with Crippen LogP contribution in [0.1, 0.15) is 41.5 Å². The zero-order valence-electron chi connectivity index (χ0n) is 12.2. The van der Waals surface area contributed by atoms with E-state index in [0.717, 1.165) is 0 Å². The summed E-state index contributed by atoms with van der Waals surface area (Å²) >= 11 is 0. The lowest BCUT2D eigenvalue weighted by Gasteiger charge is -2.30. The van der Waals surface area contributed by atoms with E-state index in [2.05, 4.69) is 4.98 Å². The number of hydroxylamine groups is 2. The van der Waals surface area contributed by atoms with Gasteiger partial charge >= 0.3 is 0 Å². The number of pyridine rings is 1. The van der Waals surface area contributed by atoms with E-state index < -0.39 is 23.6 Å². The molecule has 1 aromatic rings. The van der Waals surface area contributed by atoms with Gasteiger partial charge in [-0.1, -0.05) is 0 Å². The summed E-state index contributed by atoms with van der Waals surface area (Å²) in [7, 11) is 0. The molecule has 0 saturated carbocycles. The smallest absolute Gasteiger partial charge is 0.286 e. The van der Waals surface area contributed by atoms with Crippen molar-refractivity contribution in [3.05, 3.63) is 29.1 Å². The van der Waals surface area contributed by atoms with Crippen molar-refractivity contribution >= 4 is 17.7 Å². The standard InChI is InChI=1S/C14H17N3O4/c1-4-16(5-2)13(19)10-11-9(7-6-8(3)15-11)12(18)17(21)14(10)20/h6-7,10,21H,4-5H2,1-3H3. The maximum atomic E-state index is 12.5. The molecule has 0 radical (unpaired) electrons. The normalized spacial score (nSPS) is 17.7. The average molecular weight is 291 g/mol. The summed E-state index contributed by atoms with van der Waals surface area (Å²) in [5.41, 5.74) is 0.790. The van der Waals surface area contributed by atoms with Crippen LogP contribution in [0, 0.1) is 6.92 Å². The molecule has 1 aliphatic heterocycles. The highest BCUT2D eigenvalue weighted by molar-refractivity contribution is 6.17. The second-order valence-electron chi connectivity index (χ2n) is 4.78. The Labute approximate surface area is 122 Å².